The minimum absolute atomic E-state index is 0.156. The summed E-state index contributed by atoms with van der Waals surface area (Å²) >= 11 is 3.46. The average Bonchev–Trinajstić information content (AvgIpc) is 2.86. The highest BCUT2D eigenvalue weighted by molar-refractivity contribution is 7.99. The molecule has 226 valence electrons. The number of hydrogen-bond donors (Lipinski definition) is 2. The van der Waals surface area contributed by atoms with Gasteiger partial charge in [0.1, 0.15) is 5.75 Å². The lowest BCUT2D eigenvalue weighted by Gasteiger charge is -2.29. The Kier molecular flexibility index (Phi) is 15.2. The molecule has 0 aliphatic rings. The third kappa shape index (κ3) is 12.2. The van der Waals surface area contributed by atoms with Crippen molar-refractivity contribution in [2.24, 2.45) is 0 Å². The molecule has 1 heterocycles. The molecule has 2 N–H and O–H groups in total. The van der Waals surface area contributed by atoms with Crippen LogP contribution >= 0.6 is 23.5 Å². The van der Waals surface area contributed by atoms with E-state index < -0.39 is 0 Å². The number of benzene rings is 1. The summed E-state index contributed by atoms with van der Waals surface area (Å²) in [5.41, 5.74) is 2.27. The number of aromatic nitrogens is 3. The first-order valence-corrected chi connectivity index (χ1v) is 17.6. The Morgan fingerprint density at radius 2 is 1.12 bits per heavy atom. The van der Waals surface area contributed by atoms with Gasteiger partial charge in [-0.2, -0.15) is 15.0 Å². The summed E-state index contributed by atoms with van der Waals surface area (Å²) < 4.78 is 0. The summed E-state index contributed by atoms with van der Waals surface area (Å²) in [6.07, 6.45) is 15.4. The molecule has 0 saturated heterocycles. The summed E-state index contributed by atoms with van der Waals surface area (Å²) in [5.74, 6) is 2.95. The second-order valence-electron chi connectivity index (χ2n) is 13.0. The van der Waals surface area contributed by atoms with Crippen molar-refractivity contribution >= 4 is 35.2 Å². The molecule has 7 heteroatoms. The standard InChI is InChI=1S/C33H56N4OS2/c1-9-11-13-15-17-19-23-39-30-35-29(36-31(37-30)40-24-20-18-16-14-12-10-2)34-26-22-21-25(32(3,4)5)28(38)27(26)33(6,7)8/h21-22,38H,9-20,23-24H2,1-8H3,(H,34,35,36,37). The molecule has 2 rings (SSSR count). The first kappa shape index (κ1) is 34.7. The van der Waals surface area contributed by atoms with E-state index in [1.807, 2.05) is 6.07 Å². The predicted molar refractivity (Wildman–Crippen MR) is 177 cm³/mol. The van der Waals surface area contributed by atoms with E-state index in [9.17, 15) is 5.11 Å². The van der Waals surface area contributed by atoms with Crippen molar-refractivity contribution in [3.63, 3.8) is 0 Å². The Balaban J connectivity index is 2.23. The molecule has 0 amide bonds. The molecule has 0 radical (unpaired) electrons. The number of nitrogens with zero attached hydrogens (tertiary/aromatic N) is 3. The zero-order valence-electron chi connectivity index (χ0n) is 26.7. The fourth-order valence-electron chi connectivity index (χ4n) is 4.79. The van der Waals surface area contributed by atoms with Gasteiger partial charge < -0.3 is 10.4 Å². The Morgan fingerprint density at radius 3 is 1.57 bits per heavy atom. The zero-order valence-corrected chi connectivity index (χ0v) is 28.3. The van der Waals surface area contributed by atoms with Crippen molar-refractivity contribution in [3.8, 4) is 5.75 Å². The van der Waals surface area contributed by atoms with E-state index >= 15 is 0 Å². The summed E-state index contributed by atoms with van der Waals surface area (Å²) in [5, 5.41) is 16.4. The third-order valence-corrected chi connectivity index (χ3v) is 8.90. The van der Waals surface area contributed by atoms with Crippen molar-refractivity contribution in [1.29, 1.82) is 0 Å². The molecule has 5 nitrogen and oxygen atoms in total. The van der Waals surface area contributed by atoms with E-state index in [1.54, 1.807) is 23.5 Å². The number of anilines is 2. The highest BCUT2D eigenvalue weighted by Gasteiger charge is 2.28. The molecule has 0 saturated carbocycles. The Labute approximate surface area is 253 Å². The van der Waals surface area contributed by atoms with E-state index in [4.69, 9.17) is 15.0 Å². The molecule has 0 fully saturated rings. The first-order chi connectivity index (χ1) is 19.0. The number of hydrogen-bond acceptors (Lipinski definition) is 7. The number of rotatable bonds is 18. The second kappa shape index (κ2) is 17.5. The number of phenols is 1. The maximum atomic E-state index is 11.4. The Morgan fingerprint density at radius 1 is 0.650 bits per heavy atom. The number of unbranched alkanes of at least 4 members (excludes halogenated alkanes) is 10. The van der Waals surface area contributed by atoms with E-state index in [0.29, 0.717) is 11.7 Å². The molecule has 0 unspecified atom stereocenters. The molecule has 40 heavy (non-hydrogen) atoms. The molecule has 0 aliphatic carbocycles. The van der Waals surface area contributed by atoms with E-state index in [2.05, 4.69) is 66.8 Å². The van der Waals surface area contributed by atoms with Crippen LogP contribution in [0.4, 0.5) is 11.6 Å². The van der Waals surface area contributed by atoms with Gasteiger partial charge in [-0.25, -0.2) is 0 Å². The van der Waals surface area contributed by atoms with Crippen LogP contribution in [0.25, 0.3) is 0 Å². The second-order valence-corrected chi connectivity index (χ2v) is 15.1. The molecule has 0 atom stereocenters. The van der Waals surface area contributed by atoms with Crippen LogP contribution in [0.5, 0.6) is 5.75 Å². The van der Waals surface area contributed by atoms with Crippen LogP contribution in [-0.2, 0) is 10.8 Å². The van der Waals surface area contributed by atoms with Crippen LogP contribution in [0, 0.1) is 0 Å². The van der Waals surface area contributed by atoms with E-state index in [0.717, 1.165) is 38.6 Å². The fraction of sp³-hybridized carbons (Fsp3) is 0.727. The van der Waals surface area contributed by atoms with Crippen LogP contribution in [-0.4, -0.2) is 31.6 Å². The van der Waals surface area contributed by atoms with Gasteiger partial charge in [-0.3, -0.25) is 0 Å². The van der Waals surface area contributed by atoms with Gasteiger partial charge in [-0.1, -0.05) is 149 Å². The molecular formula is C33H56N4OS2. The quantitative estimate of drug-likeness (QED) is 0.132. The summed E-state index contributed by atoms with van der Waals surface area (Å²) in [7, 11) is 0. The zero-order chi connectivity index (χ0) is 29.6. The van der Waals surface area contributed by atoms with Crippen molar-refractivity contribution in [1.82, 2.24) is 15.0 Å². The monoisotopic (exact) mass is 588 g/mol. The number of nitrogens with one attached hydrogen (secondary N) is 1. The van der Waals surface area contributed by atoms with Gasteiger partial charge in [0.25, 0.3) is 0 Å². The lowest BCUT2D eigenvalue weighted by atomic mass is 9.78. The highest BCUT2D eigenvalue weighted by atomic mass is 32.2. The van der Waals surface area contributed by atoms with Gasteiger partial charge in [0.05, 0.1) is 0 Å². The van der Waals surface area contributed by atoms with Crippen molar-refractivity contribution in [3.05, 3.63) is 23.3 Å². The SMILES string of the molecule is CCCCCCCCSc1nc(Nc2ccc(C(C)(C)C)c(O)c2C(C)(C)C)nc(SCCCCCCCC)n1. The van der Waals surface area contributed by atoms with Crippen LogP contribution in [0.2, 0.25) is 0 Å². The van der Waals surface area contributed by atoms with Crippen molar-refractivity contribution in [2.75, 3.05) is 16.8 Å². The topological polar surface area (TPSA) is 70.9 Å². The molecule has 0 spiro atoms. The van der Waals surface area contributed by atoms with Crippen molar-refractivity contribution in [2.45, 2.75) is 154 Å². The van der Waals surface area contributed by atoms with Gasteiger partial charge in [-0.05, 0) is 35.3 Å². The van der Waals surface area contributed by atoms with E-state index in [-0.39, 0.29) is 10.8 Å². The number of aromatic hydroxyl groups is 1. The Hall–Kier alpha value is -1.47. The molecule has 2 aromatic rings. The summed E-state index contributed by atoms with van der Waals surface area (Å²) in [6, 6.07) is 4.09. The summed E-state index contributed by atoms with van der Waals surface area (Å²) in [6.45, 7) is 17.3. The minimum Gasteiger partial charge on any atom is -0.507 e. The smallest absolute Gasteiger partial charge is 0.232 e. The maximum Gasteiger partial charge on any atom is 0.232 e. The van der Waals surface area contributed by atoms with Crippen LogP contribution in [0.3, 0.4) is 0 Å². The Bertz CT molecular complexity index is 978. The van der Waals surface area contributed by atoms with Gasteiger partial charge in [-0.15, -0.1) is 0 Å². The average molecular weight is 589 g/mol. The first-order valence-electron chi connectivity index (χ1n) is 15.6. The number of phenolic OH excluding ortho intramolecular Hbond substituents is 1. The van der Waals surface area contributed by atoms with Crippen LogP contribution in [0.1, 0.15) is 144 Å². The van der Waals surface area contributed by atoms with Gasteiger partial charge in [0.2, 0.25) is 5.95 Å². The highest BCUT2D eigenvalue weighted by Crippen LogP contribution is 2.43. The van der Waals surface area contributed by atoms with Gasteiger partial charge in [0, 0.05) is 22.8 Å². The maximum absolute atomic E-state index is 11.4. The fourth-order valence-corrected chi connectivity index (χ4v) is 6.52. The van der Waals surface area contributed by atoms with Crippen LogP contribution < -0.4 is 5.32 Å². The third-order valence-electron chi connectivity index (χ3n) is 7.03. The van der Waals surface area contributed by atoms with Gasteiger partial charge in [0.15, 0.2) is 10.3 Å². The largest absolute Gasteiger partial charge is 0.507 e. The summed E-state index contributed by atoms with van der Waals surface area (Å²) in [4.78, 5) is 14.4. The molecular weight excluding hydrogens is 533 g/mol. The van der Waals surface area contributed by atoms with Crippen LogP contribution in [0.15, 0.2) is 22.4 Å². The normalized spacial score (nSPS) is 12.2. The van der Waals surface area contributed by atoms with Crippen molar-refractivity contribution < 1.29 is 5.11 Å². The molecule has 0 aliphatic heterocycles. The van der Waals surface area contributed by atoms with Gasteiger partial charge >= 0.3 is 0 Å². The lowest BCUT2D eigenvalue weighted by Crippen LogP contribution is -2.19. The molecule has 0 bridgehead atoms. The minimum atomic E-state index is -0.259. The lowest BCUT2D eigenvalue weighted by molar-refractivity contribution is 0.424. The van der Waals surface area contributed by atoms with E-state index in [1.165, 1.54) is 77.0 Å². The number of thioether (sulfide) groups is 2. The molecule has 1 aromatic heterocycles. The molecule has 1 aromatic carbocycles. The predicted octanol–water partition coefficient (Wildman–Crippen LogP) is 10.8.